The quantitative estimate of drug-likeness (QED) is 0.850. The third kappa shape index (κ3) is 3.61. The van der Waals surface area contributed by atoms with Gasteiger partial charge in [0.1, 0.15) is 5.75 Å². The minimum absolute atomic E-state index is 0.0594. The van der Waals surface area contributed by atoms with Crippen LogP contribution in [0.1, 0.15) is 21.5 Å². The van der Waals surface area contributed by atoms with Gasteiger partial charge in [-0.25, -0.2) is 0 Å². The highest BCUT2D eigenvalue weighted by Gasteiger charge is 2.09. The van der Waals surface area contributed by atoms with E-state index in [0.29, 0.717) is 17.4 Å². The lowest BCUT2D eigenvalue weighted by Crippen LogP contribution is -2.23. The van der Waals surface area contributed by atoms with Crippen LogP contribution >= 0.6 is 15.9 Å². The van der Waals surface area contributed by atoms with Crippen LogP contribution in [0.5, 0.6) is 5.75 Å². The summed E-state index contributed by atoms with van der Waals surface area (Å²) >= 11 is 3.39. The minimum Gasteiger partial charge on any atom is -0.497 e. The molecule has 2 rings (SSSR count). The van der Waals surface area contributed by atoms with Crippen LogP contribution in [0.25, 0.3) is 0 Å². The molecule has 0 spiro atoms. The van der Waals surface area contributed by atoms with Gasteiger partial charge >= 0.3 is 0 Å². The molecule has 20 heavy (non-hydrogen) atoms. The fourth-order valence-electron chi connectivity index (χ4n) is 1.88. The first-order chi connectivity index (χ1) is 9.74. The highest BCUT2D eigenvalue weighted by molar-refractivity contribution is 9.08. The Morgan fingerprint density at radius 3 is 2.50 bits per heavy atom. The normalized spacial score (nSPS) is 10.1. The largest absolute Gasteiger partial charge is 0.497 e. The lowest BCUT2D eigenvalue weighted by molar-refractivity contribution is 0.0950. The van der Waals surface area contributed by atoms with Crippen molar-refractivity contribution in [1.29, 1.82) is 0 Å². The smallest absolute Gasteiger partial charge is 0.251 e. The molecule has 2 aromatic rings. The van der Waals surface area contributed by atoms with Crippen molar-refractivity contribution < 1.29 is 9.53 Å². The Hall–Kier alpha value is -1.81. The minimum atomic E-state index is -0.0594. The lowest BCUT2D eigenvalue weighted by Gasteiger charge is -2.09. The number of carbonyl (C=O) groups excluding carboxylic acids is 1. The van der Waals surface area contributed by atoms with Crippen molar-refractivity contribution in [3.05, 3.63) is 65.2 Å². The van der Waals surface area contributed by atoms with E-state index in [1.807, 2.05) is 48.5 Å². The van der Waals surface area contributed by atoms with Crippen molar-refractivity contribution in [3.8, 4) is 5.75 Å². The molecule has 1 amide bonds. The fourth-order valence-corrected chi connectivity index (χ4v) is 2.37. The Labute approximate surface area is 127 Å². The number of carbonyl (C=O) groups is 1. The van der Waals surface area contributed by atoms with Gasteiger partial charge in [-0.2, -0.15) is 0 Å². The van der Waals surface area contributed by atoms with Gasteiger partial charge in [0.05, 0.1) is 7.11 Å². The molecule has 0 aromatic heterocycles. The van der Waals surface area contributed by atoms with E-state index in [2.05, 4.69) is 21.2 Å². The molecule has 0 heterocycles. The van der Waals surface area contributed by atoms with Gasteiger partial charge in [-0.15, -0.1) is 0 Å². The van der Waals surface area contributed by atoms with Gasteiger partial charge in [-0.3, -0.25) is 4.79 Å². The standard InChI is InChI=1S/C16H16BrNO2/c1-20-14-8-6-12(7-9-14)11-18-16(19)15-5-3-2-4-13(15)10-17/h2-9H,10-11H2,1H3,(H,18,19). The number of benzene rings is 2. The summed E-state index contributed by atoms with van der Waals surface area (Å²) in [6, 6.07) is 15.2. The number of halogens is 1. The van der Waals surface area contributed by atoms with E-state index in [1.165, 1.54) is 0 Å². The van der Waals surface area contributed by atoms with Gasteiger partial charge in [0.25, 0.3) is 5.91 Å². The number of ether oxygens (including phenoxy) is 1. The van der Waals surface area contributed by atoms with Gasteiger partial charge in [0, 0.05) is 17.4 Å². The maximum absolute atomic E-state index is 12.2. The lowest BCUT2D eigenvalue weighted by atomic mass is 10.1. The Balaban J connectivity index is 2.01. The highest BCUT2D eigenvalue weighted by atomic mass is 79.9. The summed E-state index contributed by atoms with van der Waals surface area (Å²) in [5.74, 6) is 0.751. The number of amides is 1. The van der Waals surface area contributed by atoms with Crippen LogP contribution in [0.3, 0.4) is 0 Å². The number of nitrogens with one attached hydrogen (secondary N) is 1. The van der Waals surface area contributed by atoms with Crippen LogP contribution in [-0.2, 0) is 11.9 Å². The Kier molecular flexibility index (Phi) is 5.18. The second-order valence-corrected chi connectivity index (χ2v) is 4.88. The van der Waals surface area contributed by atoms with E-state index >= 15 is 0 Å². The molecule has 0 atom stereocenters. The summed E-state index contributed by atoms with van der Waals surface area (Å²) in [4.78, 5) is 12.2. The molecule has 2 aromatic carbocycles. The molecule has 0 aliphatic carbocycles. The molecule has 104 valence electrons. The number of methoxy groups -OCH3 is 1. The molecular weight excluding hydrogens is 318 g/mol. The predicted molar refractivity (Wildman–Crippen MR) is 83.2 cm³/mol. The Morgan fingerprint density at radius 2 is 1.85 bits per heavy atom. The molecule has 0 bridgehead atoms. The number of hydrogen-bond acceptors (Lipinski definition) is 2. The van der Waals surface area contributed by atoms with E-state index in [0.717, 1.165) is 16.9 Å². The fraction of sp³-hybridized carbons (Fsp3) is 0.188. The van der Waals surface area contributed by atoms with E-state index in [4.69, 9.17) is 4.74 Å². The van der Waals surface area contributed by atoms with E-state index < -0.39 is 0 Å². The van der Waals surface area contributed by atoms with Crippen molar-refractivity contribution in [1.82, 2.24) is 5.32 Å². The van der Waals surface area contributed by atoms with Crippen molar-refractivity contribution in [2.24, 2.45) is 0 Å². The topological polar surface area (TPSA) is 38.3 Å². The van der Waals surface area contributed by atoms with Gasteiger partial charge in [-0.1, -0.05) is 46.3 Å². The van der Waals surface area contributed by atoms with Gasteiger partial charge in [-0.05, 0) is 29.3 Å². The molecule has 0 aliphatic heterocycles. The number of alkyl halides is 1. The molecule has 0 unspecified atom stereocenters. The van der Waals surface area contributed by atoms with Crippen LogP contribution in [0.2, 0.25) is 0 Å². The third-order valence-corrected chi connectivity index (χ3v) is 3.62. The summed E-state index contributed by atoms with van der Waals surface area (Å²) < 4.78 is 5.10. The SMILES string of the molecule is COc1ccc(CNC(=O)c2ccccc2CBr)cc1. The van der Waals surface area contributed by atoms with Crippen molar-refractivity contribution in [2.45, 2.75) is 11.9 Å². The zero-order valence-electron chi connectivity index (χ0n) is 11.2. The number of rotatable bonds is 5. The molecule has 1 N–H and O–H groups in total. The molecule has 3 nitrogen and oxygen atoms in total. The van der Waals surface area contributed by atoms with Crippen LogP contribution in [-0.4, -0.2) is 13.0 Å². The Bertz CT molecular complexity index is 581. The van der Waals surface area contributed by atoms with Gasteiger partial charge in [0.2, 0.25) is 0 Å². The zero-order chi connectivity index (χ0) is 14.4. The second-order valence-electron chi connectivity index (χ2n) is 4.32. The van der Waals surface area contributed by atoms with E-state index in [1.54, 1.807) is 7.11 Å². The van der Waals surface area contributed by atoms with Crippen LogP contribution in [0.4, 0.5) is 0 Å². The molecule has 4 heteroatoms. The van der Waals surface area contributed by atoms with E-state index in [9.17, 15) is 4.79 Å². The van der Waals surface area contributed by atoms with Crippen molar-refractivity contribution in [3.63, 3.8) is 0 Å². The zero-order valence-corrected chi connectivity index (χ0v) is 12.8. The predicted octanol–water partition coefficient (Wildman–Crippen LogP) is 3.52. The average molecular weight is 334 g/mol. The highest BCUT2D eigenvalue weighted by Crippen LogP contribution is 2.14. The van der Waals surface area contributed by atoms with E-state index in [-0.39, 0.29) is 5.91 Å². The first kappa shape index (κ1) is 14.6. The molecule has 0 saturated heterocycles. The second kappa shape index (κ2) is 7.10. The maximum atomic E-state index is 12.2. The first-order valence-corrected chi connectivity index (χ1v) is 7.41. The van der Waals surface area contributed by atoms with Crippen LogP contribution in [0, 0.1) is 0 Å². The van der Waals surface area contributed by atoms with Crippen LogP contribution < -0.4 is 10.1 Å². The molecule has 0 aliphatic rings. The monoisotopic (exact) mass is 333 g/mol. The maximum Gasteiger partial charge on any atom is 0.251 e. The first-order valence-electron chi connectivity index (χ1n) is 6.29. The summed E-state index contributed by atoms with van der Waals surface area (Å²) in [5, 5.41) is 3.59. The summed E-state index contributed by atoms with van der Waals surface area (Å²) in [7, 11) is 1.63. The third-order valence-electron chi connectivity index (χ3n) is 3.02. The molecule has 0 saturated carbocycles. The molecular formula is C16H16BrNO2. The Morgan fingerprint density at radius 1 is 1.15 bits per heavy atom. The van der Waals surface area contributed by atoms with Gasteiger partial charge < -0.3 is 10.1 Å². The molecule has 0 radical (unpaired) electrons. The number of hydrogen-bond donors (Lipinski definition) is 1. The molecule has 0 fully saturated rings. The average Bonchev–Trinajstić information content (AvgIpc) is 2.53. The van der Waals surface area contributed by atoms with Crippen molar-refractivity contribution >= 4 is 21.8 Å². The summed E-state index contributed by atoms with van der Waals surface area (Å²) in [5.41, 5.74) is 2.73. The van der Waals surface area contributed by atoms with Crippen LogP contribution in [0.15, 0.2) is 48.5 Å². The van der Waals surface area contributed by atoms with Crippen molar-refractivity contribution in [2.75, 3.05) is 7.11 Å². The summed E-state index contributed by atoms with van der Waals surface area (Å²) in [6.07, 6.45) is 0. The summed E-state index contributed by atoms with van der Waals surface area (Å²) in [6.45, 7) is 0.499. The van der Waals surface area contributed by atoms with Gasteiger partial charge in [0.15, 0.2) is 0 Å².